The van der Waals surface area contributed by atoms with Crippen molar-refractivity contribution in [1.29, 1.82) is 0 Å². The van der Waals surface area contributed by atoms with Crippen molar-refractivity contribution in [1.82, 2.24) is 9.97 Å². The summed E-state index contributed by atoms with van der Waals surface area (Å²) in [7, 11) is 0. The Kier molecular flexibility index (Phi) is 6.62. The van der Waals surface area contributed by atoms with Crippen molar-refractivity contribution >= 4 is 5.97 Å². The Labute approximate surface area is 215 Å². The Morgan fingerprint density at radius 2 is 1.97 bits per heavy atom. The van der Waals surface area contributed by atoms with Crippen molar-refractivity contribution in [3.63, 3.8) is 0 Å². The first kappa shape index (κ1) is 25.1. The molecule has 3 aromatic rings. The third-order valence-electron chi connectivity index (χ3n) is 7.24. The molecule has 2 aliphatic rings. The molecule has 1 saturated carbocycles. The Morgan fingerprint density at radius 3 is 2.70 bits per heavy atom. The number of carbonyl (C=O) groups is 1. The summed E-state index contributed by atoms with van der Waals surface area (Å²) in [6.45, 7) is 5.91. The molecular weight excluding hydrogens is 475 g/mol. The first-order chi connectivity index (χ1) is 17.6. The van der Waals surface area contributed by atoms with Crippen LogP contribution in [-0.2, 0) is 17.8 Å². The fourth-order valence-electron chi connectivity index (χ4n) is 5.29. The van der Waals surface area contributed by atoms with Gasteiger partial charge in [-0.25, -0.2) is 14.4 Å². The molecule has 194 valence electrons. The second-order valence-electron chi connectivity index (χ2n) is 10.6. The average molecular weight is 507 g/mol. The minimum Gasteiger partial charge on any atom is -0.481 e. The molecule has 2 aromatic heterocycles. The second-order valence-corrected chi connectivity index (χ2v) is 10.6. The molecule has 0 saturated heterocycles. The van der Waals surface area contributed by atoms with Crippen molar-refractivity contribution in [2.24, 2.45) is 11.8 Å². The number of hydrogen-bond donors (Lipinski definition) is 2. The van der Waals surface area contributed by atoms with Crippen LogP contribution in [0.25, 0.3) is 11.1 Å². The van der Waals surface area contributed by atoms with Crippen LogP contribution in [0, 0.1) is 24.6 Å². The quantitative estimate of drug-likeness (QED) is 0.370. The number of rotatable bonds is 10. The van der Waals surface area contributed by atoms with Gasteiger partial charge in [0.1, 0.15) is 12.4 Å². The van der Waals surface area contributed by atoms with Gasteiger partial charge in [-0.2, -0.15) is 0 Å². The van der Waals surface area contributed by atoms with Crippen molar-refractivity contribution in [3.8, 4) is 22.9 Å². The van der Waals surface area contributed by atoms with E-state index in [-0.39, 0.29) is 30.2 Å². The van der Waals surface area contributed by atoms with E-state index in [1.807, 2.05) is 19.1 Å². The number of carboxylic acids is 1. The van der Waals surface area contributed by atoms with E-state index in [1.165, 1.54) is 6.07 Å². The molecule has 2 aliphatic carbocycles. The lowest BCUT2D eigenvalue weighted by atomic mass is 10.0. The highest BCUT2D eigenvalue weighted by atomic mass is 19.1. The fraction of sp³-hybridized carbons (Fsp3) is 0.414. The highest BCUT2D eigenvalue weighted by molar-refractivity contribution is 5.77. The zero-order chi connectivity index (χ0) is 26.3. The van der Waals surface area contributed by atoms with E-state index in [0.29, 0.717) is 36.8 Å². The lowest BCUT2D eigenvalue weighted by Gasteiger charge is -2.16. The van der Waals surface area contributed by atoms with Crippen LogP contribution in [0.5, 0.6) is 11.8 Å². The van der Waals surface area contributed by atoms with Gasteiger partial charge >= 0.3 is 5.97 Å². The second kappa shape index (κ2) is 9.74. The number of nitrogens with zero attached hydrogens (tertiary/aromatic N) is 2. The lowest BCUT2D eigenvalue weighted by Crippen LogP contribution is -2.19. The molecule has 8 heteroatoms. The number of aromatic nitrogens is 2. The Balaban J connectivity index is 1.23. The van der Waals surface area contributed by atoms with Crippen LogP contribution in [0.1, 0.15) is 55.0 Å². The maximum absolute atomic E-state index is 14.6. The predicted molar refractivity (Wildman–Crippen MR) is 135 cm³/mol. The van der Waals surface area contributed by atoms with Crippen LogP contribution in [-0.4, -0.2) is 38.4 Å². The van der Waals surface area contributed by atoms with Crippen molar-refractivity contribution < 1.29 is 28.9 Å². The Morgan fingerprint density at radius 1 is 1.16 bits per heavy atom. The van der Waals surface area contributed by atoms with Gasteiger partial charge in [0.25, 0.3) is 0 Å². The summed E-state index contributed by atoms with van der Waals surface area (Å²) in [5, 5.41) is 19.1. The van der Waals surface area contributed by atoms with Crippen LogP contribution in [0.4, 0.5) is 4.39 Å². The van der Waals surface area contributed by atoms with Crippen LogP contribution in [0.2, 0.25) is 0 Å². The smallest absolute Gasteiger partial charge is 0.307 e. The zero-order valence-electron chi connectivity index (χ0n) is 21.2. The molecule has 1 fully saturated rings. The summed E-state index contributed by atoms with van der Waals surface area (Å²) < 4.78 is 26.1. The number of hydrogen-bond acceptors (Lipinski definition) is 6. The summed E-state index contributed by atoms with van der Waals surface area (Å²) in [6.07, 6.45) is 3.77. The highest BCUT2D eigenvalue weighted by Gasteiger charge is 2.59. The minimum absolute atomic E-state index is 0.0188. The number of aliphatic carboxylic acids is 1. The molecule has 2 heterocycles. The molecule has 0 unspecified atom stereocenters. The number of aliphatic hydroxyl groups is 1. The Hall–Kier alpha value is -3.52. The van der Waals surface area contributed by atoms with Crippen LogP contribution >= 0.6 is 0 Å². The molecular formula is C29H31FN2O5. The standard InChI is InChI=1S/C29H31FN2O5/c1-16-20(6-8-24(32-16)36-10-4-9-29(2,3)35)17-5-7-23(30)19(11-17)15-37-25-13-18-12-21-26(22(18)14-31-25)27(21)28(33)34/h5-8,11,13-14,21,26-27,35H,4,9-10,12,15H2,1-3H3,(H,33,34)/t21-,26-,27+/m1/s1. The third kappa shape index (κ3) is 5.44. The molecule has 5 rings (SSSR count). The van der Waals surface area contributed by atoms with Gasteiger partial charge in [-0.3, -0.25) is 4.79 Å². The van der Waals surface area contributed by atoms with E-state index < -0.39 is 11.6 Å². The first-order valence-electron chi connectivity index (χ1n) is 12.6. The SMILES string of the molecule is Cc1nc(OCCCC(C)(C)O)ccc1-c1ccc(F)c(COc2cc3c(cn2)[C@H]2[C@@H](C3)[C@@H]2C(=O)O)c1. The third-order valence-corrected chi connectivity index (χ3v) is 7.24. The van der Waals surface area contributed by atoms with E-state index in [9.17, 15) is 19.4 Å². The molecule has 0 radical (unpaired) electrons. The van der Waals surface area contributed by atoms with Crippen LogP contribution < -0.4 is 9.47 Å². The van der Waals surface area contributed by atoms with Crippen molar-refractivity contribution in [2.75, 3.05) is 6.61 Å². The van der Waals surface area contributed by atoms with Gasteiger partial charge in [0, 0.05) is 41.1 Å². The Bertz CT molecular complexity index is 1340. The van der Waals surface area contributed by atoms with Gasteiger partial charge < -0.3 is 19.7 Å². The maximum Gasteiger partial charge on any atom is 0.307 e. The van der Waals surface area contributed by atoms with Gasteiger partial charge in [-0.15, -0.1) is 0 Å². The molecule has 7 nitrogen and oxygen atoms in total. The zero-order valence-corrected chi connectivity index (χ0v) is 21.2. The predicted octanol–water partition coefficient (Wildman–Crippen LogP) is 5.07. The molecule has 0 spiro atoms. The van der Waals surface area contributed by atoms with Crippen molar-refractivity contribution in [2.45, 2.75) is 58.2 Å². The lowest BCUT2D eigenvalue weighted by molar-refractivity contribution is -0.139. The number of benzene rings is 1. The van der Waals surface area contributed by atoms with Crippen LogP contribution in [0.15, 0.2) is 42.6 Å². The molecule has 37 heavy (non-hydrogen) atoms. The normalized spacial score (nSPS) is 19.8. The number of aryl methyl sites for hydroxylation is 1. The highest BCUT2D eigenvalue weighted by Crippen LogP contribution is 2.61. The van der Waals surface area contributed by atoms with Crippen molar-refractivity contribution in [3.05, 3.63) is 70.8 Å². The summed E-state index contributed by atoms with van der Waals surface area (Å²) >= 11 is 0. The summed E-state index contributed by atoms with van der Waals surface area (Å²) in [4.78, 5) is 20.2. The maximum atomic E-state index is 14.6. The number of pyridine rings is 2. The minimum atomic E-state index is -0.744. The summed E-state index contributed by atoms with van der Waals surface area (Å²) in [5.41, 5.74) is 4.19. The van der Waals surface area contributed by atoms with Crippen LogP contribution in [0.3, 0.4) is 0 Å². The number of ether oxygens (including phenoxy) is 2. The molecule has 0 amide bonds. The van der Waals surface area contributed by atoms with Gasteiger partial charge in [-0.1, -0.05) is 6.07 Å². The number of carboxylic acid groups (broad SMARTS) is 1. The number of fused-ring (bicyclic) bond motifs is 3. The average Bonchev–Trinajstić information content (AvgIpc) is 3.43. The molecule has 1 aromatic carbocycles. The summed E-state index contributed by atoms with van der Waals surface area (Å²) in [6, 6.07) is 10.4. The van der Waals surface area contributed by atoms with Gasteiger partial charge in [0.15, 0.2) is 0 Å². The number of halogens is 1. The van der Waals surface area contributed by atoms with E-state index >= 15 is 0 Å². The topological polar surface area (TPSA) is 102 Å². The monoisotopic (exact) mass is 506 g/mol. The molecule has 0 aliphatic heterocycles. The van der Waals surface area contributed by atoms with E-state index in [2.05, 4.69) is 9.97 Å². The fourth-order valence-corrected chi connectivity index (χ4v) is 5.29. The van der Waals surface area contributed by atoms with Gasteiger partial charge in [0.2, 0.25) is 11.8 Å². The molecule has 0 bridgehead atoms. The molecule has 3 atom stereocenters. The van der Waals surface area contributed by atoms with E-state index in [4.69, 9.17) is 9.47 Å². The first-order valence-corrected chi connectivity index (χ1v) is 12.6. The molecule has 2 N–H and O–H groups in total. The van der Waals surface area contributed by atoms with E-state index in [1.54, 1.807) is 38.2 Å². The van der Waals surface area contributed by atoms with Gasteiger partial charge in [0.05, 0.1) is 18.1 Å². The largest absolute Gasteiger partial charge is 0.481 e. The summed E-state index contributed by atoms with van der Waals surface area (Å²) in [5.74, 6) is -0.281. The van der Waals surface area contributed by atoms with Gasteiger partial charge in [-0.05, 0) is 80.8 Å². The van der Waals surface area contributed by atoms with E-state index in [0.717, 1.165) is 34.4 Å².